The van der Waals surface area contributed by atoms with Crippen LogP contribution in [-0.2, 0) is 6.18 Å². The number of hydrogen-bond donors (Lipinski definition) is 0. The van der Waals surface area contributed by atoms with Crippen LogP contribution in [0.1, 0.15) is 36.7 Å². The summed E-state index contributed by atoms with van der Waals surface area (Å²) in [6.45, 7) is 9.78. The van der Waals surface area contributed by atoms with Gasteiger partial charge in [-0.05, 0) is 36.3 Å². The molecule has 0 aliphatic rings. The van der Waals surface area contributed by atoms with E-state index in [0.29, 0.717) is 6.29 Å². The summed E-state index contributed by atoms with van der Waals surface area (Å²) in [5, 5.41) is -0.165. The van der Waals surface area contributed by atoms with Crippen molar-refractivity contribution in [3.63, 3.8) is 0 Å². The van der Waals surface area contributed by atoms with E-state index in [4.69, 9.17) is 4.43 Å². The third-order valence-corrected chi connectivity index (χ3v) is 7.98. The molecular weight excluding hydrogens is 285 g/mol. The van der Waals surface area contributed by atoms with Gasteiger partial charge in [-0.1, -0.05) is 20.8 Å². The number of carbonyl (C=O) groups is 1. The summed E-state index contributed by atoms with van der Waals surface area (Å²) in [6, 6.07) is 2.95. The Labute approximate surface area is 118 Å². The van der Waals surface area contributed by atoms with Gasteiger partial charge in [0.2, 0.25) is 0 Å². The van der Waals surface area contributed by atoms with Crippen LogP contribution in [0.25, 0.3) is 0 Å². The number of benzene rings is 1. The van der Waals surface area contributed by atoms with E-state index in [0.717, 1.165) is 18.2 Å². The quantitative estimate of drug-likeness (QED) is 0.586. The van der Waals surface area contributed by atoms with Crippen molar-refractivity contribution in [3.05, 3.63) is 29.3 Å². The van der Waals surface area contributed by atoms with Gasteiger partial charge in [-0.2, -0.15) is 13.2 Å². The van der Waals surface area contributed by atoms with Gasteiger partial charge in [-0.15, -0.1) is 0 Å². The first-order chi connectivity index (χ1) is 8.88. The van der Waals surface area contributed by atoms with Gasteiger partial charge in [0.15, 0.2) is 6.29 Å². The van der Waals surface area contributed by atoms with Crippen LogP contribution < -0.4 is 4.43 Å². The maximum Gasteiger partial charge on any atom is 0.416 e. The Morgan fingerprint density at radius 1 is 1.15 bits per heavy atom. The van der Waals surface area contributed by atoms with Gasteiger partial charge in [0.1, 0.15) is 5.75 Å². The summed E-state index contributed by atoms with van der Waals surface area (Å²) in [5.41, 5.74) is -0.667. The van der Waals surface area contributed by atoms with Crippen LogP contribution in [0.4, 0.5) is 13.2 Å². The molecule has 0 atom stereocenters. The molecule has 0 saturated heterocycles. The van der Waals surface area contributed by atoms with Gasteiger partial charge in [0.25, 0.3) is 8.32 Å². The van der Waals surface area contributed by atoms with Crippen molar-refractivity contribution in [2.24, 2.45) is 0 Å². The normalized spacial score (nSPS) is 13.2. The van der Waals surface area contributed by atoms with Crippen LogP contribution in [0.3, 0.4) is 0 Å². The standard InChI is InChI=1S/C14H19F3O2Si/c1-13(2,3)20(4,5)19-12-8-11(14(15,16)17)7-6-10(12)9-18/h6-9H,1-5H3. The minimum Gasteiger partial charge on any atom is -0.543 e. The molecule has 1 aromatic carbocycles. The second-order valence-corrected chi connectivity index (χ2v) is 11.0. The van der Waals surface area contributed by atoms with Crippen molar-refractivity contribution >= 4 is 14.6 Å². The highest BCUT2D eigenvalue weighted by molar-refractivity contribution is 6.74. The van der Waals surface area contributed by atoms with E-state index in [1.54, 1.807) is 0 Å². The van der Waals surface area contributed by atoms with Crippen molar-refractivity contribution in [1.82, 2.24) is 0 Å². The van der Waals surface area contributed by atoms with Gasteiger partial charge >= 0.3 is 6.18 Å². The molecule has 0 N–H and O–H groups in total. The monoisotopic (exact) mass is 304 g/mol. The molecule has 0 spiro atoms. The van der Waals surface area contributed by atoms with E-state index < -0.39 is 20.1 Å². The van der Waals surface area contributed by atoms with Crippen LogP contribution in [0.5, 0.6) is 5.75 Å². The average Bonchev–Trinajstić information content (AvgIpc) is 2.25. The molecular formula is C14H19F3O2Si. The fraction of sp³-hybridized carbons (Fsp3) is 0.500. The SMILES string of the molecule is CC(C)(C)[Si](C)(C)Oc1cc(C(F)(F)F)ccc1C=O. The Morgan fingerprint density at radius 3 is 2.10 bits per heavy atom. The topological polar surface area (TPSA) is 26.3 Å². The molecule has 6 heteroatoms. The fourth-order valence-electron chi connectivity index (χ4n) is 1.32. The molecule has 0 bridgehead atoms. The second kappa shape index (κ2) is 5.24. The molecule has 0 aromatic heterocycles. The predicted octanol–water partition coefficient (Wildman–Crippen LogP) is 4.90. The first kappa shape index (κ1) is 16.8. The smallest absolute Gasteiger partial charge is 0.416 e. The lowest BCUT2D eigenvalue weighted by atomic mass is 10.1. The number of carbonyl (C=O) groups excluding carboxylic acids is 1. The number of halogens is 3. The van der Waals surface area contributed by atoms with E-state index >= 15 is 0 Å². The lowest BCUT2D eigenvalue weighted by molar-refractivity contribution is -0.137. The predicted molar refractivity (Wildman–Crippen MR) is 74.7 cm³/mol. The van der Waals surface area contributed by atoms with Crippen molar-refractivity contribution in [2.75, 3.05) is 0 Å². The Hall–Kier alpha value is -1.30. The van der Waals surface area contributed by atoms with E-state index in [1.807, 2.05) is 33.9 Å². The highest BCUT2D eigenvalue weighted by Crippen LogP contribution is 2.39. The maximum atomic E-state index is 12.7. The average molecular weight is 304 g/mol. The van der Waals surface area contributed by atoms with Gasteiger partial charge in [-0.3, -0.25) is 4.79 Å². The molecule has 0 radical (unpaired) electrons. The molecule has 1 aromatic rings. The summed E-state index contributed by atoms with van der Waals surface area (Å²) in [5.74, 6) is 0.0152. The van der Waals surface area contributed by atoms with Crippen LogP contribution in [-0.4, -0.2) is 14.6 Å². The zero-order chi connectivity index (χ0) is 15.8. The maximum absolute atomic E-state index is 12.7. The molecule has 0 aliphatic heterocycles. The zero-order valence-electron chi connectivity index (χ0n) is 12.3. The Morgan fingerprint density at radius 2 is 1.70 bits per heavy atom. The van der Waals surface area contributed by atoms with Crippen molar-refractivity contribution in [2.45, 2.75) is 45.1 Å². The lowest BCUT2D eigenvalue weighted by Gasteiger charge is -2.36. The van der Waals surface area contributed by atoms with Gasteiger partial charge < -0.3 is 4.43 Å². The Bertz CT molecular complexity index is 502. The number of rotatable bonds is 3. The molecule has 0 amide bonds. The minimum atomic E-state index is -4.45. The number of hydrogen-bond acceptors (Lipinski definition) is 2. The van der Waals surface area contributed by atoms with E-state index in [9.17, 15) is 18.0 Å². The summed E-state index contributed by atoms with van der Waals surface area (Å²) < 4.78 is 44.0. The first-order valence-corrected chi connectivity index (χ1v) is 9.15. The summed E-state index contributed by atoms with van der Waals surface area (Å²) in [4.78, 5) is 11.0. The molecule has 1 rings (SSSR count). The second-order valence-electron chi connectivity index (χ2n) is 6.23. The van der Waals surface area contributed by atoms with E-state index in [-0.39, 0.29) is 16.4 Å². The largest absolute Gasteiger partial charge is 0.543 e. The third kappa shape index (κ3) is 3.62. The highest BCUT2D eigenvalue weighted by Gasteiger charge is 2.40. The Kier molecular flexibility index (Phi) is 4.39. The lowest BCUT2D eigenvalue weighted by Crippen LogP contribution is -2.44. The van der Waals surface area contributed by atoms with Crippen LogP contribution in [0, 0.1) is 0 Å². The Balaban J connectivity index is 3.26. The summed E-state index contributed by atoms with van der Waals surface area (Å²) in [6.07, 6.45) is -3.93. The third-order valence-electron chi connectivity index (χ3n) is 3.64. The van der Waals surface area contributed by atoms with Crippen molar-refractivity contribution in [1.29, 1.82) is 0 Å². The molecule has 20 heavy (non-hydrogen) atoms. The summed E-state index contributed by atoms with van der Waals surface area (Å²) in [7, 11) is -2.30. The van der Waals surface area contributed by atoms with Crippen LogP contribution in [0.2, 0.25) is 18.1 Å². The molecule has 0 fully saturated rings. The van der Waals surface area contributed by atoms with Crippen molar-refractivity contribution in [3.8, 4) is 5.75 Å². The molecule has 112 valence electrons. The molecule has 0 heterocycles. The van der Waals surface area contributed by atoms with E-state index in [1.165, 1.54) is 0 Å². The first-order valence-electron chi connectivity index (χ1n) is 6.24. The zero-order valence-corrected chi connectivity index (χ0v) is 13.3. The van der Waals surface area contributed by atoms with E-state index in [2.05, 4.69) is 0 Å². The summed E-state index contributed by atoms with van der Waals surface area (Å²) >= 11 is 0. The fourth-order valence-corrected chi connectivity index (χ4v) is 2.36. The molecule has 2 nitrogen and oxygen atoms in total. The number of alkyl halides is 3. The van der Waals surface area contributed by atoms with Gasteiger partial charge in [0, 0.05) is 0 Å². The van der Waals surface area contributed by atoms with Crippen molar-refractivity contribution < 1.29 is 22.4 Å². The van der Waals surface area contributed by atoms with Gasteiger partial charge in [-0.25, -0.2) is 0 Å². The molecule has 0 saturated carbocycles. The molecule has 0 unspecified atom stereocenters. The number of aldehydes is 1. The van der Waals surface area contributed by atoms with Crippen LogP contribution >= 0.6 is 0 Å². The van der Waals surface area contributed by atoms with Crippen LogP contribution in [0.15, 0.2) is 18.2 Å². The minimum absolute atomic E-state index is 0.0152. The van der Waals surface area contributed by atoms with Gasteiger partial charge in [0.05, 0.1) is 11.1 Å². The highest BCUT2D eigenvalue weighted by atomic mass is 28.4. The molecule has 0 aliphatic carbocycles.